The van der Waals surface area contributed by atoms with Crippen LogP contribution in [-0.2, 0) is 10.0 Å². The van der Waals surface area contributed by atoms with Crippen LogP contribution in [0.25, 0.3) is 0 Å². The van der Waals surface area contributed by atoms with Gasteiger partial charge in [0, 0.05) is 13.1 Å². The van der Waals surface area contributed by atoms with E-state index in [1.807, 2.05) is 0 Å². The van der Waals surface area contributed by atoms with Crippen molar-refractivity contribution in [2.75, 3.05) is 13.1 Å². The van der Waals surface area contributed by atoms with E-state index in [0.29, 0.717) is 24.9 Å². The van der Waals surface area contributed by atoms with E-state index in [4.69, 9.17) is 0 Å². The van der Waals surface area contributed by atoms with Crippen molar-refractivity contribution in [2.45, 2.75) is 17.7 Å². The zero-order valence-electron chi connectivity index (χ0n) is 9.92. The van der Waals surface area contributed by atoms with Gasteiger partial charge in [0.15, 0.2) is 0 Å². The Bertz CT molecular complexity index is 546. The minimum absolute atomic E-state index is 0.0578. The van der Waals surface area contributed by atoms with Crippen molar-refractivity contribution < 1.29 is 12.8 Å². The molecule has 3 nitrogen and oxygen atoms in total. The van der Waals surface area contributed by atoms with Gasteiger partial charge in [-0.05, 0) is 49.3 Å². The Morgan fingerprint density at radius 3 is 2.83 bits per heavy atom. The first-order chi connectivity index (χ1) is 8.57. The highest BCUT2D eigenvalue weighted by Crippen LogP contribution is 2.39. The topological polar surface area (TPSA) is 37.4 Å². The fourth-order valence-electron chi connectivity index (χ4n) is 2.93. The molecule has 3 rings (SSSR count). The van der Waals surface area contributed by atoms with Crippen molar-refractivity contribution in [3.8, 4) is 0 Å². The highest BCUT2D eigenvalue weighted by molar-refractivity contribution is 7.89. The number of hydrogen-bond donors (Lipinski definition) is 0. The van der Waals surface area contributed by atoms with Crippen LogP contribution >= 0.6 is 0 Å². The molecule has 97 valence electrons. The molecule has 1 aromatic carbocycles. The number of fused-ring (bicyclic) bond motifs is 1. The molecule has 18 heavy (non-hydrogen) atoms. The second-order valence-electron chi connectivity index (χ2n) is 5.02. The fourth-order valence-corrected chi connectivity index (χ4v) is 4.49. The first-order valence-electron chi connectivity index (χ1n) is 6.16. The highest BCUT2D eigenvalue weighted by Gasteiger charge is 2.41. The third-order valence-electron chi connectivity index (χ3n) is 3.90. The van der Waals surface area contributed by atoms with Gasteiger partial charge in [0.05, 0.1) is 4.90 Å². The molecule has 0 amide bonds. The first-order valence-corrected chi connectivity index (χ1v) is 7.60. The summed E-state index contributed by atoms with van der Waals surface area (Å²) in [5, 5.41) is 0. The van der Waals surface area contributed by atoms with Gasteiger partial charge in [0.25, 0.3) is 0 Å². The number of hydrogen-bond acceptors (Lipinski definition) is 2. The van der Waals surface area contributed by atoms with Crippen LogP contribution in [0.5, 0.6) is 0 Å². The Balaban J connectivity index is 1.87. The second-order valence-corrected chi connectivity index (χ2v) is 6.95. The van der Waals surface area contributed by atoms with Gasteiger partial charge in [-0.3, -0.25) is 0 Å². The normalized spacial score (nSPS) is 28.5. The molecule has 2 aliphatic rings. The Labute approximate surface area is 107 Å². The maximum atomic E-state index is 13.1. The zero-order chi connectivity index (χ0) is 12.8. The van der Waals surface area contributed by atoms with Crippen LogP contribution in [0.1, 0.15) is 12.8 Å². The quantitative estimate of drug-likeness (QED) is 0.823. The number of halogens is 1. The number of sulfonamides is 1. The van der Waals surface area contributed by atoms with Crippen LogP contribution in [0.4, 0.5) is 4.39 Å². The lowest BCUT2D eigenvalue weighted by Crippen LogP contribution is -2.29. The molecule has 1 saturated heterocycles. The minimum Gasteiger partial charge on any atom is -0.207 e. The van der Waals surface area contributed by atoms with E-state index in [1.54, 1.807) is 0 Å². The van der Waals surface area contributed by atoms with E-state index in [-0.39, 0.29) is 4.90 Å². The van der Waals surface area contributed by atoms with Gasteiger partial charge in [-0.2, -0.15) is 4.31 Å². The van der Waals surface area contributed by atoms with E-state index in [2.05, 4.69) is 6.42 Å². The van der Waals surface area contributed by atoms with Crippen molar-refractivity contribution in [2.24, 2.45) is 11.8 Å². The molecule has 1 heterocycles. The lowest BCUT2D eigenvalue weighted by molar-refractivity contribution is 0.450. The van der Waals surface area contributed by atoms with Gasteiger partial charge in [0.2, 0.25) is 10.0 Å². The van der Waals surface area contributed by atoms with E-state index < -0.39 is 15.8 Å². The lowest BCUT2D eigenvalue weighted by Gasteiger charge is -2.17. The third-order valence-corrected chi connectivity index (χ3v) is 5.73. The molecule has 1 aromatic rings. The van der Waals surface area contributed by atoms with Gasteiger partial charge in [-0.15, -0.1) is 0 Å². The maximum absolute atomic E-state index is 13.1. The van der Waals surface area contributed by atoms with Crippen molar-refractivity contribution in [1.29, 1.82) is 0 Å². The summed E-state index contributed by atoms with van der Waals surface area (Å²) in [4.78, 5) is 0.0578. The first kappa shape index (κ1) is 12.1. The van der Waals surface area contributed by atoms with Gasteiger partial charge in [-0.25, -0.2) is 12.8 Å². The number of benzene rings is 1. The van der Waals surface area contributed by atoms with Gasteiger partial charge in [0.1, 0.15) is 5.82 Å². The Hall–Kier alpha value is -0.940. The molecule has 0 N–H and O–H groups in total. The number of rotatable bonds is 2. The summed E-state index contributed by atoms with van der Waals surface area (Å²) in [5.74, 6) is 0.323. The summed E-state index contributed by atoms with van der Waals surface area (Å²) in [6.45, 7) is 1.11. The molecule has 0 bridgehead atoms. The molecule has 1 unspecified atom stereocenters. The largest absolute Gasteiger partial charge is 0.243 e. The Kier molecular flexibility index (Phi) is 2.90. The van der Waals surface area contributed by atoms with E-state index in [0.717, 1.165) is 18.9 Å². The standard InChI is InChI=1S/C13H15FNO2S/c14-12-5-2-6-13(7-12)18(16,17)15-8-10-3-1-4-11(10)9-15/h2-3,5-7,10-11H,1,4,8-9H2/t10?,11-/m0/s1. The number of nitrogens with zero attached hydrogens (tertiary/aromatic N) is 1. The summed E-state index contributed by atoms with van der Waals surface area (Å²) in [5.41, 5.74) is 0. The fraction of sp³-hybridized carbons (Fsp3) is 0.462. The Morgan fingerprint density at radius 1 is 1.28 bits per heavy atom. The molecule has 1 aliphatic heterocycles. The molecule has 0 aromatic heterocycles. The van der Waals surface area contributed by atoms with Crippen molar-refractivity contribution in [1.82, 2.24) is 4.31 Å². The Morgan fingerprint density at radius 2 is 2.11 bits per heavy atom. The SMILES string of the molecule is O=S(=O)(c1cccc(F)c1)N1CC2[CH]CC[C@H]2C1. The van der Waals surface area contributed by atoms with Gasteiger partial charge in [-0.1, -0.05) is 6.07 Å². The summed E-state index contributed by atoms with van der Waals surface area (Å²) in [7, 11) is -3.53. The van der Waals surface area contributed by atoms with E-state index in [9.17, 15) is 12.8 Å². The monoisotopic (exact) mass is 268 g/mol. The molecular formula is C13H15FNO2S. The van der Waals surface area contributed by atoms with Crippen LogP contribution in [0.2, 0.25) is 0 Å². The van der Waals surface area contributed by atoms with Gasteiger partial charge < -0.3 is 0 Å². The third kappa shape index (κ3) is 1.95. The van der Waals surface area contributed by atoms with Gasteiger partial charge >= 0.3 is 0 Å². The average Bonchev–Trinajstić information content (AvgIpc) is 2.89. The van der Waals surface area contributed by atoms with Crippen LogP contribution in [0.15, 0.2) is 29.2 Å². The molecule has 0 spiro atoms. The molecule has 2 fully saturated rings. The molecular weight excluding hydrogens is 253 g/mol. The molecule has 1 saturated carbocycles. The molecule has 1 aliphatic carbocycles. The zero-order valence-corrected chi connectivity index (χ0v) is 10.7. The van der Waals surface area contributed by atoms with Crippen molar-refractivity contribution in [3.63, 3.8) is 0 Å². The summed E-state index contributed by atoms with van der Waals surface area (Å²) >= 11 is 0. The second kappa shape index (κ2) is 4.31. The van der Waals surface area contributed by atoms with E-state index >= 15 is 0 Å². The molecule has 1 radical (unpaired) electrons. The predicted molar refractivity (Wildman–Crippen MR) is 65.7 cm³/mol. The minimum atomic E-state index is -3.53. The predicted octanol–water partition coefficient (Wildman–Crippen LogP) is 2.06. The van der Waals surface area contributed by atoms with Crippen LogP contribution in [0, 0.1) is 24.1 Å². The summed E-state index contributed by atoms with van der Waals surface area (Å²) in [6, 6.07) is 5.24. The smallest absolute Gasteiger partial charge is 0.207 e. The summed E-state index contributed by atoms with van der Waals surface area (Å²) < 4.78 is 39.3. The maximum Gasteiger partial charge on any atom is 0.243 e. The van der Waals surface area contributed by atoms with Crippen LogP contribution in [0.3, 0.4) is 0 Å². The molecule has 2 atom stereocenters. The molecule has 5 heteroatoms. The van der Waals surface area contributed by atoms with Crippen molar-refractivity contribution in [3.05, 3.63) is 36.5 Å². The van der Waals surface area contributed by atoms with Crippen molar-refractivity contribution >= 4 is 10.0 Å². The van der Waals surface area contributed by atoms with Crippen LogP contribution in [-0.4, -0.2) is 25.8 Å². The van der Waals surface area contributed by atoms with E-state index in [1.165, 1.54) is 22.5 Å². The average molecular weight is 268 g/mol. The lowest BCUT2D eigenvalue weighted by atomic mass is 10.0. The summed E-state index contributed by atoms with van der Waals surface area (Å²) in [6.07, 6.45) is 4.37. The highest BCUT2D eigenvalue weighted by atomic mass is 32.2. The van der Waals surface area contributed by atoms with Crippen LogP contribution < -0.4 is 0 Å².